The Balaban J connectivity index is 4.13. The van der Waals surface area contributed by atoms with Crippen LogP contribution in [-0.2, 0) is 14.3 Å². The highest BCUT2D eigenvalue weighted by atomic mass is 19.4. The molecule has 0 fully saturated rings. The number of carbonyl (C=O) groups is 2. The smallest absolute Gasteiger partial charge is 0.460 e. The second-order valence-electron chi connectivity index (χ2n) is 7.21. The van der Waals surface area contributed by atoms with Gasteiger partial charge in [0.25, 0.3) is 5.91 Å². The summed E-state index contributed by atoms with van der Waals surface area (Å²) in [6, 6.07) is 0. The normalized spacial score (nSPS) is 12.7. The number of esters is 1. The van der Waals surface area contributed by atoms with E-state index in [2.05, 4.69) is 6.92 Å². The van der Waals surface area contributed by atoms with Gasteiger partial charge in [-0.15, -0.1) is 0 Å². The molecule has 0 spiro atoms. The number of nitrogens with zero attached hydrogens (tertiary/aromatic N) is 1. The van der Waals surface area contributed by atoms with E-state index in [0.717, 1.165) is 32.1 Å². The third kappa shape index (κ3) is 9.07. The van der Waals surface area contributed by atoms with Crippen molar-refractivity contribution in [3.05, 3.63) is 0 Å². The van der Waals surface area contributed by atoms with Crippen LogP contribution in [0.2, 0.25) is 0 Å². The molecule has 0 saturated heterocycles. The maximum absolute atomic E-state index is 13.3. The summed E-state index contributed by atoms with van der Waals surface area (Å²) in [6.07, 6.45) is 3.68. The molecule has 0 aliphatic carbocycles. The number of ether oxygens (including phenoxy) is 1. The van der Waals surface area contributed by atoms with Gasteiger partial charge in [-0.25, -0.2) is 0 Å². The first-order valence-corrected chi connectivity index (χ1v) is 10.0. The minimum Gasteiger partial charge on any atom is -0.464 e. The summed E-state index contributed by atoms with van der Waals surface area (Å²) in [4.78, 5) is 22.7. The zero-order chi connectivity index (χ0) is 23.4. The molecule has 0 aliphatic rings. The summed E-state index contributed by atoms with van der Waals surface area (Å²) in [7, 11) is 0.518. The third-order valence-electron chi connectivity index (χ3n) is 4.49. The predicted octanol–water partition coefficient (Wildman–Crippen LogP) is 5.74. The van der Waals surface area contributed by atoms with Gasteiger partial charge in [0.15, 0.2) is 0 Å². The first-order chi connectivity index (χ1) is 13.8. The van der Waals surface area contributed by atoms with Crippen molar-refractivity contribution in [2.45, 2.75) is 89.2 Å². The van der Waals surface area contributed by atoms with Crippen LogP contribution < -0.4 is 0 Å². The molecule has 178 valence electrons. The van der Waals surface area contributed by atoms with Crippen molar-refractivity contribution in [1.82, 2.24) is 4.90 Å². The lowest BCUT2D eigenvalue weighted by molar-refractivity contribution is -0.345. The fourth-order valence-corrected chi connectivity index (χ4v) is 2.64. The molecule has 0 atom stereocenters. The lowest BCUT2D eigenvalue weighted by Crippen LogP contribution is -2.60. The summed E-state index contributed by atoms with van der Waals surface area (Å²) in [6.45, 7) is 0.914. The van der Waals surface area contributed by atoms with Crippen LogP contribution in [0.1, 0.15) is 71.1 Å². The molecule has 0 N–H and O–H groups in total. The zero-order valence-electron chi connectivity index (χ0n) is 17.3. The van der Waals surface area contributed by atoms with E-state index in [1.54, 1.807) is 0 Å². The summed E-state index contributed by atoms with van der Waals surface area (Å²) in [5.74, 6) is -16.6. The summed E-state index contributed by atoms with van der Waals surface area (Å²) >= 11 is 0. The molecule has 30 heavy (non-hydrogen) atoms. The zero-order valence-corrected chi connectivity index (χ0v) is 17.3. The highest BCUT2D eigenvalue weighted by molar-refractivity contribution is 5.87. The van der Waals surface area contributed by atoms with Gasteiger partial charge >= 0.3 is 24.0 Å². The predicted molar refractivity (Wildman–Crippen MR) is 96.4 cm³/mol. The lowest BCUT2D eigenvalue weighted by Gasteiger charge is -2.29. The van der Waals surface area contributed by atoms with Gasteiger partial charge in [-0.2, -0.15) is 30.7 Å². The van der Waals surface area contributed by atoms with Crippen molar-refractivity contribution in [2.75, 3.05) is 20.2 Å². The highest BCUT2D eigenvalue weighted by Crippen LogP contribution is 2.47. The van der Waals surface area contributed by atoms with Crippen LogP contribution in [0.4, 0.5) is 30.7 Å². The molecule has 0 radical (unpaired) electrons. The molecule has 0 rings (SSSR count). The fraction of sp³-hybridized carbons (Fsp3) is 0.895. The second kappa shape index (κ2) is 13.0. The fourth-order valence-electron chi connectivity index (χ4n) is 2.64. The van der Waals surface area contributed by atoms with Crippen LogP contribution in [0, 0.1) is 0 Å². The Bertz CT molecular complexity index is 525. The van der Waals surface area contributed by atoms with E-state index in [1.165, 1.54) is 25.7 Å². The molecule has 0 aromatic carbocycles. The number of unbranched alkanes of at least 4 members (excludes halogenated alkanes) is 9. The Kier molecular flexibility index (Phi) is 12.3. The van der Waals surface area contributed by atoms with E-state index < -0.39 is 36.4 Å². The average molecular weight is 453 g/mol. The monoisotopic (exact) mass is 453 g/mol. The van der Waals surface area contributed by atoms with E-state index >= 15 is 0 Å². The van der Waals surface area contributed by atoms with Gasteiger partial charge in [0.05, 0.1) is 6.61 Å². The minimum atomic E-state index is -6.62. The summed E-state index contributed by atoms with van der Waals surface area (Å²) in [5, 5.41) is 0. The Morgan fingerprint density at radius 2 is 1.20 bits per heavy atom. The van der Waals surface area contributed by atoms with Crippen molar-refractivity contribution in [3.63, 3.8) is 0 Å². The second-order valence-corrected chi connectivity index (χ2v) is 7.21. The summed E-state index contributed by atoms with van der Waals surface area (Å²) < 4.78 is 93.4. The van der Waals surface area contributed by atoms with Crippen LogP contribution >= 0.6 is 0 Å². The van der Waals surface area contributed by atoms with Crippen molar-refractivity contribution in [3.8, 4) is 0 Å². The van der Waals surface area contributed by atoms with Gasteiger partial charge < -0.3 is 9.64 Å². The Labute approximate surface area is 172 Å². The van der Waals surface area contributed by atoms with E-state index in [9.17, 15) is 40.3 Å². The molecule has 0 aliphatic heterocycles. The molecule has 0 bridgehead atoms. The van der Waals surface area contributed by atoms with E-state index in [-0.39, 0.29) is 11.5 Å². The third-order valence-corrected chi connectivity index (χ3v) is 4.49. The molecule has 4 nitrogen and oxygen atoms in total. The number of likely N-dealkylation sites (N-methyl/N-ethyl adjacent to an activating group) is 1. The standard InChI is InChI=1S/C19H30F7NO3/c1-3-4-5-6-7-8-9-10-11-12-13-30-15(28)14-27(2)16(29)17(20,21)18(22,23)19(24,25)26/h3-14H2,1-2H3. The van der Waals surface area contributed by atoms with Crippen molar-refractivity contribution < 1.29 is 45.1 Å². The number of rotatable bonds is 15. The van der Waals surface area contributed by atoms with E-state index in [1.807, 2.05) is 0 Å². The van der Waals surface area contributed by atoms with Gasteiger partial charge in [0.1, 0.15) is 6.54 Å². The SMILES string of the molecule is CCCCCCCCCCCCOC(=O)CN(C)C(=O)C(F)(F)C(F)(F)C(F)(F)F. The van der Waals surface area contributed by atoms with Gasteiger partial charge in [0, 0.05) is 7.05 Å². The van der Waals surface area contributed by atoms with Crippen LogP contribution in [0.5, 0.6) is 0 Å². The molecule has 1 amide bonds. The molecule has 0 saturated carbocycles. The van der Waals surface area contributed by atoms with E-state index in [4.69, 9.17) is 4.74 Å². The molecular formula is C19H30F7NO3. The van der Waals surface area contributed by atoms with Gasteiger partial charge in [-0.1, -0.05) is 64.7 Å². The average Bonchev–Trinajstić information content (AvgIpc) is 2.64. The van der Waals surface area contributed by atoms with Gasteiger partial charge in [-0.3, -0.25) is 9.59 Å². The molecule has 11 heteroatoms. The first kappa shape index (κ1) is 28.5. The Morgan fingerprint density at radius 3 is 1.63 bits per heavy atom. The van der Waals surface area contributed by atoms with Gasteiger partial charge in [0.2, 0.25) is 0 Å². The largest absolute Gasteiger partial charge is 0.464 e. The van der Waals surface area contributed by atoms with Crippen LogP contribution in [-0.4, -0.2) is 55.0 Å². The first-order valence-electron chi connectivity index (χ1n) is 10.0. The number of hydrogen-bond acceptors (Lipinski definition) is 3. The number of carbonyl (C=O) groups excluding carboxylic acids is 2. The number of alkyl halides is 7. The molecule has 0 heterocycles. The molecule has 0 aromatic heterocycles. The van der Waals surface area contributed by atoms with Crippen molar-refractivity contribution >= 4 is 11.9 Å². The quantitative estimate of drug-likeness (QED) is 0.180. The molecule has 0 aromatic rings. The maximum Gasteiger partial charge on any atom is 0.460 e. The van der Waals surface area contributed by atoms with Crippen LogP contribution in [0.3, 0.4) is 0 Å². The molecular weight excluding hydrogens is 423 g/mol. The Morgan fingerprint density at radius 1 is 0.767 bits per heavy atom. The highest BCUT2D eigenvalue weighted by Gasteiger charge is 2.76. The number of amides is 1. The summed E-state index contributed by atoms with van der Waals surface area (Å²) in [5.41, 5.74) is 0. The Hall–Kier alpha value is -1.55. The topological polar surface area (TPSA) is 46.6 Å². The van der Waals surface area contributed by atoms with Crippen molar-refractivity contribution in [1.29, 1.82) is 0 Å². The van der Waals surface area contributed by atoms with Crippen LogP contribution in [0.15, 0.2) is 0 Å². The maximum atomic E-state index is 13.3. The van der Waals surface area contributed by atoms with Crippen LogP contribution in [0.25, 0.3) is 0 Å². The van der Waals surface area contributed by atoms with Gasteiger partial charge in [-0.05, 0) is 6.42 Å². The molecule has 0 unspecified atom stereocenters. The lowest BCUT2D eigenvalue weighted by atomic mass is 10.1. The number of halogens is 7. The minimum absolute atomic E-state index is 0.0630. The van der Waals surface area contributed by atoms with E-state index in [0.29, 0.717) is 13.5 Å². The number of hydrogen-bond donors (Lipinski definition) is 0. The van der Waals surface area contributed by atoms with Crippen molar-refractivity contribution in [2.24, 2.45) is 0 Å².